The Morgan fingerprint density at radius 1 is 1.19 bits per heavy atom. The van der Waals surface area contributed by atoms with Gasteiger partial charge in [0.2, 0.25) is 0 Å². The number of amides is 1. The van der Waals surface area contributed by atoms with Crippen LogP contribution in [0.2, 0.25) is 5.02 Å². The number of benzene rings is 2. The van der Waals surface area contributed by atoms with Gasteiger partial charge < -0.3 is 10.1 Å². The van der Waals surface area contributed by atoms with Crippen molar-refractivity contribution in [3.63, 3.8) is 0 Å². The van der Waals surface area contributed by atoms with Gasteiger partial charge in [-0.1, -0.05) is 29.8 Å². The van der Waals surface area contributed by atoms with Crippen molar-refractivity contribution >= 4 is 34.1 Å². The molecule has 2 aromatic carbocycles. The molecular formula is C19H14ClF3N2O2. The van der Waals surface area contributed by atoms with E-state index >= 15 is 0 Å². The molecule has 0 bridgehead atoms. The van der Waals surface area contributed by atoms with Crippen LogP contribution in [0.4, 0.5) is 18.9 Å². The molecule has 0 radical (unpaired) electrons. The maximum Gasteiger partial charge on any atom is 0.416 e. The number of nitrogens with one attached hydrogen (secondary N) is 1. The Hall–Kier alpha value is -2.80. The first-order chi connectivity index (χ1) is 12.7. The summed E-state index contributed by atoms with van der Waals surface area (Å²) >= 11 is 5.87. The molecule has 0 atom stereocenters. The minimum Gasteiger partial charge on any atom is -0.481 e. The molecule has 1 heterocycles. The van der Waals surface area contributed by atoms with Gasteiger partial charge in [-0.25, -0.2) is 4.98 Å². The van der Waals surface area contributed by atoms with E-state index in [9.17, 15) is 18.0 Å². The molecule has 1 N–H and O–H groups in total. The van der Waals surface area contributed by atoms with Gasteiger partial charge in [0.15, 0.2) is 6.61 Å². The minimum absolute atomic E-state index is 0.00111. The number of halogens is 4. The molecule has 0 fully saturated rings. The molecule has 0 unspecified atom stereocenters. The summed E-state index contributed by atoms with van der Waals surface area (Å²) in [4.78, 5) is 16.5. The average molecular weight is 395 g/mol. The summed E-state index contributed by atoms with van der Waals surface area (Å²) in [6, 6.07) is 11.7. The van der Waals surface area contributed by atoms with Crippen LogP contribution in [0.15, 0.2) is 48.5 Å². The minimum atomic E-state index is -4.53. The van der Waals surface area contributed by atoms with Crippen molar-refractivity contribution < 1.29 is 22.7 Å². The van der Waals surface area contributed by atoms with E-state index < -0.39 is 24.3 Å². The van der Waals surface area contributed by atoms with Gasteiger partial charge in [0, 0.05) is 11.1 Å². The largest absolute Gasteiger partial charge is 0.481 e. The number of carbonyl (C=O) groups excluding carboxylic acids is 1. The van der Waals surface area contributed by atoms with Gasteiger partial charge in [-0.15, -0.1) is 0 Å². The smallest absolute Gasteiger partial charge is 0.416 e. The zero-order chi connectivity index (χ0) is 19.6. The molecule has 0 saturated heterocycles. The summed E-state index contributed by atoms with van der Waals surface area (Å²) in [7, 11) is 0. The molecule has 0 aliphatic heterocycles. The first kappa shape index (κ1) is 19.0. The van der Waals surface area contributed by atoms with E-state index in [1.807, 2.05) is 25.1 Å². The normalized spacial score (nSPS) is 11.4. The zero-order valence-corrected chi connectivity index (χ0v) is 14.9. The van der Waals surface area contributed by atoms with Crippen LogP contribution in [-0.2, 0) is 11.0 Å². The van der Waals surface area contributed by atoms with E-state index in [1.165, 1.54) is 0 Å². The standard InChI is InChI=1S/C19H14ClF3N2O2/c1-11-5-6-12-3-2-4-16(18(12)24-11)27-10-17(26)25-15-9-13(19(21,22)23)7-8-14(15)20/h2-9H,10H2,1H3,(H,25,26). The predicted molar refractivity (Wildman–Crippen MR) is 97.1 cm³/mol. The summed E-state index contributed by atoms with van der Waals surface area (Å²) in [5.41, 5.74) is 0.352. The number of rotatable bonds is 4. The van der Waals surface area contributed by atoms with Crippen LogP contribution in [0.3, 0.4) is 0 Å². The highest BCUT2D eigenvalue weighted by Crippen LogP contribution is 2.33. The summed E-state index contributed by atoms with van der Waals surface area (Å²) < 4.78 is 43.9. The van der Waals surface area contributed by atoms with Crippen LogP contribution in [0.1, 0.15) is 11.3 Å². The topological polar surface area (TPSA) is 51.2 Å². The molecule has 8 heteroatoms. The molecule has 0 aliphatic carbocycles. The number of pyridine rings is 1. The molecule has 1 amide bonds. The number of aromatic nitrogens is 1. The maximum atomic E-state index is 12.8. The Bertz CT molecular complexity index is 1010. The lowest BCUT2D eigenvalue weighted by molar-refractivity contribution is -0.137. The van der Waals surface area contributed by atoms with Gasteiger partial charge in [-0.2, -0.15) is 13.2 Å². The molecule has 27 heavy (non-hydrogen) atoms. The van der Waals surface area contributed by atoms with Crippen molar-refractivity contribution in [1.82, 2.24) is 4.98 Å². The number of fused-ring (bicyclic) bond motifs is 1. The monoisotopic (exact) mass is 394 g/mol. The number of para-hydroxylation sites is 1. The summed E-state index contributed by atoms with van der Waals surface area (Å²) in [6.07, 6.45) is -4.53. The maximum absolute atomic E-state index is 12.8. The van der Waals surface area contributed by atoms with E-state index in [-0.39, 0.29) is 10.7 Å². The van der Waals surface area contributed by atoms with Crippen LogP contribution in [-0.4, -0.2) is 17.5 Å². The second-order valence-electron chi connectivity index (χ2n) is 5.81. The zero-order valence-electron chi connectivity index (χ0n) is 14.1. The Balaban J connectivity index is 1.73. The fraction of sp³-hybridized carbons (Fsp3) is 0.158. The van der Waals surface area contributed by atoms with E-state index in [2.05, 4.69) is 10.3 Å². The van der Waals surface area contributed by atoms with Crippen LogP contribution in [0.25, 0.3) is 10.9 Å². The SMILES string of the molecule is Cc1ccc2cccc(OCC(=O)Nc3cc(C(F)(F)F)ccc3Cl)c2n1. The summed E-state index contributed by atoms with van der Waals surface area (Å²) in [5, 5.41) is 3.18. The fourth-order valence-electron chi connectivity index (χ4n) is 2.46. The Morgan fingerprint density at radius 2 is 1.96 bits per heavy atom. The van der Waals surface area contributed by atoms with E-state index in [0.717, 1.165) is 29.3 Å². The van der Waals surface area contributed by atoms with Gasteiger partial charge in [0.05, 0.1) is 16.3 Å². The Kier molecular flexibility index (Phi) is 5.23. The Morgan fingerprint density at radius 3 is 2.70 bits per heavy atom. The predicted octanol–water partition coefficient (Wildman–Crippen LogP) is 5.23. The lowest BCUT2D eigenvalue weighted by Gasteiger charge is -2.12. The van der Waals surface area contributed by atoms with Gasteiger partial charge in [-0.05, 0) is 37.3 Å². The number of anilines is 1. The molecule has 3 rings (SSSR count). The molecule has 1 aromatic heterocycles. The number of alkyl halides is 3. The first-order valence-electron chi connectivity index (χ1n) is 7.90. The summed E-state index contributed by atoms with van der Waals surface area (Å²) in [5.74, 6) is -0.234. The molecular weight excluding hydrogens is 381 g/mol. The highest BCUT2D eigenvalue weighted by atomic mass is 35.5. The van der Waals surface area contributed by atoms with Crippen LogP contribution >= 0.6 is 11.6 Å². The Labute approximate surface area is 157 Å². The van der Waals surface area contributed by atoms with Crippen molar-refractivity contribution in [3.05, 3.63) is 64.8 Å². The number of carbonyl (C=O) groups is 1. The van der Waals surface area contributed by atoms with Gasteiger partial charge in [-0.3, -0.25) is 4.79 Å². The molecule has 0 aliphatic rings. The first-order valence-corrected chi connectivity index (χ1v) is 8.27. The third-order valence-electron chi connectivity index (χ3n) is 3.75. The van der Waals surface area contributed by atoms with E-state index in [1.54, 1.807) is 12.1 Å². The highest BCUT2D eigenvalue weighted by molar-refractivity contribution is 6.33. The molecule has 0 saturated carbocycles. The van der Waals surface area contributed by atoms with Crippen LogP contribution in [0, 0.1) is 6.92 Å². The quantitative estimate of drug-likeness (QED) is 0.659. The molecule has 140 valence electrons. The highest BCUT2D eigenvalue weighted by Gasteiger charge is 2.31. The van der Waals surface area contributed by atoms with Crippen molar-refractivity contribution in [3.8, 4) is 5.75 Å². The molecule has 0 spiro atoms. The van der Waals surface area contributed by atoms with Crippen molar-refractivity contribution in [2.75, 3.05) is 11.9 Å². The number of aryl methyl sites for hydroxylation is 1. The van der Waals surface area contributed by atoms with Crippen LogP contribution < -0.4 is 10.1 Å². The average Bonchev–Trinajstić information content (AvgIpc) is 2.61. The van der Waals surface area contributed by atoms with Gasteiger partial charge >= 0.3 is 6.18 Å². The molecule has 3 aromatic rings. The van der Waals surface area contributed by atoms with E-state index in [0.29, 0.717) is 11.3 Å². The number of hydrogen-bond donors (Lipinski definition) is 1. The van der Waals surface area contributed by atoms with Crippen molar-refractivity contribution in [1.29, 1.82) is 0 Å². The molecule has 4 nitrogen and oxygen atoms in total. The summed E-state index contributed by atoms with van der Waals surface area (Å²) in [6.45, 7) is 1.43. The number of ether oxygens (including phenoxy) is 1. The van der Waals surface area contributed by atoms with Crippen molar-refractivity contribution in [2.24, 2.45) is 0 Å². The van der Waals surface area contributed by atoms with Gasteiger partial charge in [0.1, 0.15) is 11.3 Å². The second kappa shape index (κ2) is 7.44. The fourth-order valence-corrected chi connectivity index (χ4v) is 2.63. The third-order valence-corrected chi connectivity index (χ3v) is 4.08. The second-order valence-corrected chi connectivity index (χ2v) is 6.22. The lowest BCUT2D eigenvalue weighted by atomic mass is 10.2. The van der Waals surface area contributed by atoms with Gasteiger partial charge in [0.25, 0.3) is 5.91 Å². The number of hydrogen-bond acceptors (Lipinski definition) is 3. The van der Waals surface area contributed by atoms with Crippen LogP contribution in [0.5, 0.6) is 5.75 Å². The van der Waals surface area contributed by atoms with E-state index in [4.69, 9.17) is 16.3 Å². The number of nitrogens with zero attached hydrogens (tertiary/aromatic N) is 1. The lowest BCUT2D eigenvalue weighted by Crippen LogP contribution is -2.21. The van der Waals surface area contributed by atoms with Crippen molar-refractivity contribution in [2.45, 2.75) is 13.1 Å². The third kappa shape index (κ3) is 4.49.